The van der Waals surface area contributed by atoms with Gasteiger partial charge in [-0.3, -0.25) is 19.3 Å². The van der Waals surface area contributed by atoms with Crippen molar-refractivity contribution in [1.82, 2.24) is 35.4 Å². The third-order valence-corrected chi connectivity index (χ3v) is 8.68. The highest BCUT2D eigenvalue weighted by Gasteiger charge is 2.54. The van der Waals surface area contributed by atoms with E-state index >= 15 is 0 Å². The van der Waals surface area contributed by atoms with Crippen molar-refractivity contribution in [3.63, 3.8) is 0 Å². The van der Waals surface area contributed by atoms with Crippen molar-refractivity contribution in [2.45, 2.75) is 23.1 Å². The summed E-state index contributed by atoms with van der Waals surface area (Å²) >= 11 is 5.00. The molecule has 0 radical (unpaired) electrons. The van der Waals surface area contributed by atoms with Crippen LogP contribution in [0.15, 0.2) is 39.6 Å². The van der Waals surface area contributed by atoms with Crippen LogP contribution in [0.5, 0.6) is 0 Å². The number of thioether (sulfide) groups is 3. The second-order valence-electron chi connectivity index (χ2n) is 7.61. The van der Waals surface area contributed by atoms with Gasteiger partial charge in [0.15, 0.2) is 16.8 Å². The number of hydrogen-bond acceptors (Lipinski definition) is 14. The van der Waals surface area contributed by atoms with Crippen LogP contribution in [0, 0.1) is 0 Å². The Morgan fingerprint density at radius 2 is 2.26 bits per heavy atom. The lowest BCUT2D eigenvalue weighted by atomic mass is 10.0. The lowest BCUT2D eigenvalue weighted by Crippen LogP contribution is -2.71. The maximum atomic E-state index is 13.1. The van der Waals surface area contributed by atoms with Gasteiger partial charge in [0.2, 0.25) is 11.6 Å². The number of β-lactam (4-membered cyclic amide) rings is 1. The smallest absolute Gasteiger partial charge is 0.352 e. The second kappa shape index (κ2) is 13.1. The van der Waals surface area contributed by atoms with Gasteiger partial charge >= 0.3 is 5.97 Å². The number of carboxylic acid groups (broad SMARTS) is 1. The lowest BCUT2D eigenvalue weighted by Gasteiger charge is -2.49. The molecule has 0 saturated carbocycles. The molecule has 206 valence electrons. The molecule has 4 rings (SSSR count). The van der Waals surface area contributed by atoms with Crippen LogP contribution < -0.4 is 10.6 Å². The fourth-order valence-electron chi connectivity index (χ4n) is 3.54. The number of aromatic nitrogens is 5. The molecule has 0 bridgehead atoms. The fourth-order valence-corrected chi connectivity index (χ4v) is 6.72. The second-order valence-corrected chi connectivity index (χ2v) is 11.3. The van der Waals surface area contributed by atoms with Gasteiger partial charge in [0.1, 0.15) is 22.8 Å². The first-order chi connectivity index (χ1) is 18.9. The molecule has 0 aromatic carbocycles. The Kier molecular flexibility index (Phi) is 9.59. The van der Waals surface area contributed by atoms with Crippen LogP contribution in [0.25, 0.3) is 0 Å². The Balaban J connectivity index is 1.48. The number of oxime groups is 1. The number of carbonyl (C=O) groups excluding carboxylic acids is 3. The van der Waals surface area contributed by atoms with E-state index in [0.29, 0.717) is 29.4 Å². The first-order valence-corrected chi connectivity index (χ1v) is 15.3. The van der Waals surface area contributed by atoms with E-state index < -0.39 is 29.2 Å². The number of amides is 3. The maximum absolute atomic E-state index is 13.1. The molecule has 3 amide bonds. The third-order valence-electron chi connectivity index (χ3n) is 5.18. The fraction of sp³-hybridized carbons (Fsp3) is 0.350. The molecule has 0 spiro atoms. The van der Waals surface area contributed by atoms with Crippen molar-refractivity contribution < 1.29 is 29.1 Å². The minimum Gasteiger partial charge on any atom is -0.477 e. The summed E-state index contributed by atoms with van der Waals surface area (Å²) < 4.78 is 1.53. The molecule has 1 unspecified atom stereocenters. The normalized spacial score (nSPS) is 18.7. The zero-order chi connectivity index (χ0) is 27.9. The monoisotopic (exact) mass is 611 g/mol. The molecule has 1 saturated heterocycles. The molecule has 2 aromatic rings. The van der Waals surface area contributed by atoms with E-state index in [0.717, 1.165) is 11.3 Å². The molecule has 39 heavy (non-hydrogen) atoms. The largest absolute Gasteiger partial charge is 0.477 e. The standard InChI is InChI=1S/C20H21N9O6S4/c1-3-4-28-20(24-26-27-28)39-6-10-5-37-17-13(16(32)29(17)14(10)18(33)34)23-15(31)12(25-35-9-36-2)11-7-38-19(22-11)21-8-30/h3,7-8,13,17H,1,4-6,9H2,2H3,(H,23,31)(H,33,34)(H,21,22,30)/b25-12-/t13?,17-/m1/s1. The quantitative estimate of drug-likeness (QED) is 0.0390. The average molecular weight is 612 g/mol. The first kappa shape index (κ1) is 28.6. The number of anilines is 1. The van der Waals surface area contributed by atoms with E-state index in [1.807, 2.05) is 0 Å². The first-order valence-electron chi connectivity index (χ1n) is 10.9. The van der Waals surface area contributed by atoms with Crippen LogP contribution in [0.2, 0.25) is 0 Å². The van der Waals surface area contributed by atoms with Crippen LogP contribution in [-0.2, 0) is 30.6 Å². The van der Waals surface area contributed by atoms with Gasteiger partial charge in [0, 0.05) is 16.9 Å². The summed E-state index contributed by atoms with van der Waals surface area (Å²) in [6, 6.07) is -0.983. The van der Waals surface area contributed by atoms with Crippen LogP contribution in [0.3, 0.4) is 0 Å². The van der Waals surface area contributed by atoms with Crippen molar-refractivity contribution in [2.75, 3.05) is 29.0 Å². The molecule has 0 aliphatic carbocycles. The molecule has 2 aliphatic heterocycles. The van der Waals surface area contributed by atoms with Crippen molar-refractivity contribution >= 4 is 81.7 Å². The van der Waals surface area contributed by atoms with Gasteiger partial charge in [-0.2, -0.15) is 0 Å². The summed E-state index contributed by atoms with van der Waals surface area (Å²) in [5, 5.41) is 31.9. The van der Waals surface area contributed by atoms with Gasteiger partial charge in [-0.15, -0.1) is 46.5 Å². The molecule has 1 fully saturated rings. The van der Waals surface area contributed by atoms with Gasteiger partial charge in [0.25, 0.3) is 11.8 Å². The van der Waals surface area contributed by atoms with E-state index in [2.05, 4.69) is 42.9 Å². The number of carbonyl (C=O) groups is 4. The number of nitrogens with zero attached hydrogens (tertiary/aromatic N) is 7. The van der Waals surface area contributed by atoms with Gasteiger partial charge in [-0.1, -0.05) is 23.0 Å². The van der Waals surface area contributed by atoms with Crippen LogP contribution in [-0.4, -0.2) is 100 Å². The number of thiazole rings is 1. The van der Waals surface area contributed by atoms with Crippen LogP contribution >= 0.6 is 46.6 Å². The zero-order valence-electron chi connectivity index (χ0n) is 20.2. The van der Waals surface area contributed by atoms with Crippen molar-refractivity contribution in [2.24, 2.45) is 5.16 Å². The summed E-state index contributed by atoms with van der Waals surface area (Å²) in [6.45, 7) is 4.05. The van der Waals surface area contributed by atoms with E-state index in [-0.39, 0.29) is 33.9 Å². The lowest BCUT2D eigenvalue weighted by molar-refractivity contribution is -0.150. The number of carboxylic acids is 1. The van der Waals surface area contributed by atoms with Crippen LogP contribution in [0.4, 0.5) is 5.13 Å². The number of nitrogens with one attached hydrogen (secondary N) is 2. The van der Waals surface area contributed by atoms with Gasteiger partial charge in [-0.25, -0.2) is 14.5 Å². The van der Waals surface area contributed by atoms with Crippen molar-refractivity contribution in [3.8, 4) is 0 Å². The van der Waals surface area contributed by atoms with Crippen molar-refractivity contribution in [1.29, 1.82) is 0 Å². The summed E-state index contributed by atoms with van der Waals surface area (Å²) in [5.41, 5.74) is 0.373. The predicted octanol–water partition coefficient (Wildman–Crippen LogP) is 0.456. The Morgan fingerprint density at radius 3 is 2.97 bits per heavy atom. The highest BCUT2D eigenvalue weighted by atomic mass is 32.2. The third kappa shape index (κ3) is 6.26. The molecule has 3 N–H and O–H groups in total. The van der Waals surface area contributed by atoms with Crippen molar-refractivity contribution in [3.05, 3.63) is 35.0 Å². The Morgan fingerprint density at radius 1 is 1.44 bits per heavy atom. The Labute approximate surface area is 237 Å². The number of fused-ring (bicyclic) bond motifs is 1. The van der Waals surface area contributed by atoms with E-state index in [1.54, 1.807) is 12.3 Å². The Bertz CT molecular complexity index is 1340. The van der Waals surface area contributed by atoms with E-state index in [9.17, 15) is 24.3 Å². The maximum Gasteiger partial charge on any atom is 0.352 e. The summed E-state index contributed by atoms with van der Waals surface area (Å²) in [7, 11) is 0. The molecule has 2 atom stereocenters. The molecule has 19 heteroatoms. The molecule has 2 aromatic heterocycles. The number of hydrogen-bond donors (Lipinski definition) is 3. The number of rotatable bonds is 14. The summed E-state index contributed by atoms with van der Waals surface area (Å²) in [4.78, 5) is 59.6. The molecule has 15 nitrogen and oxygen atoms in total. The van der Waals surface area contributed by atoms with Gasteiger partial charge in [-0.05, 0) is 22.3 Å². The molecule has 4 heterocycles. The molecule has 2 aliphatic rings. The van der Waals surface area contributed by atoms with Gasteiger partial charge < -0.3 is 20.6 Å². The molecular formula is C20H21N9O6S4. The number of allylic oxidation sites excluding steroid dienone is 1. The zero-order valence-corrected chi connectivity index (χ0v) is 23.4. The average Bonchev–Trinajstić information content (AvgIpc) is 3.57. The highest BCUT2D eigenvalue weighted by molar-refractivity contribution is 8.01. The number of tetrazole rings is 1. The van der Waals surface area contributed by atoms with E-state index in [1.165, 1.54) is 50.2 Å². The number of aliphatic carboxylic acids is 1. The topological polar surface area (TPSA) is 194 Å². The summed E-state index contributed by atoms with van der Waals surface area (Å²) in [6.07, 6.45) is 3.88. The van der Waals surface area contributed by atoms with E-state index in [4.69, 9.17) is 4.84 Å². The van der Waals surface area contributed by atoms with Crippen LogP contribution in [0.1, 0.15) is 5.69 Å². The Hall–Kier alpha value is -3.42. The minimum atomic E-state index is -1.25. The van der Waals surface area contributed by atoms with Gasteiger partial charge in [0.05, 0.1) is 6.54 Å². The SMILES string of the molecule is C=CCn1nnnc1SCC1=C(C(=O)O)N2C(=O)C(NC(=O)/C(=N\OCSC)c3csc(NC=O)n3)[C@H]2SC1. The summed E-state index contributed by atoms with van der Waals surface area (Å²) in [5.74, 6) is -1.79. The highest BCUT2D eigenvalue weighted by Crippen LogP contribution is 2.41. The molecular weight excluding hydrogens is 591 g/mol. The predicted molar refractivity (Wildman–Crippen MR) is 146 cm³/mol. The minimum absolute atomic E-state index is 0.120.